The zero-order valence-corrected chi connectivity index (χ0v) is 12.2. The Morgan fingerprint density at radius 1 is 1.30 bits per heavy atom. The summed E-state index contributed by atoms with van der Waals surface area (Å²) in [5.74, 6) is 0.113. The lowest BCUT2D eigenvalue weighted by Gasteiger charge is -2.13. The van der Waals surface area contributed by atoms with Crippen LogP contribution in [0.4, 0.5) is 5.69 Å². The molecule has 0 saturated carbocycles. The second-order valence-electron chi connectivity index (χ2n) is 4.67. The number of anilines is 1. The first-order valence-electron chi connectivity index (χ1n) is 6.30. The molecule has 3 N–H and O–H groups in total. The Morgan fingerprint density at radius 2 is 2.05 bits per heavy atom. The molecule has 0 spiro atoms. The number of halogens is 1. The Hall–Kier alpha value is -1.78. The zero-order valence-electron chi connectivity index (χ0n) is 11.4. The van der Waals surface area contributed by atoms with E-state index in [0.29, 0.717) is 28.4 Å². The van der Waals surface area contributed by atoms with Gasteiger partial charge in [0.05, 0.1) is 12.3 Å². The summed E-state index contributed by atoms with van der Waals surface area (Å²) in [6.45, 7) is 3.90. The van der Waals surface area contributed by atoms with E-state index in [0.717, 1.165) is 11.3 Å². The van der Waals surface area contributed by atoms with Crippen LogP contribution in [0.25, 0.3) is 0 Å². The van der Waals surface area contributed by atoms with Crippen molar-refractivity contribution in [2.45, 2.75) is 27.0 Å². The number of hydrogen-bond donors (Lipinski definition) is 3. The van der Waals surface area contributed by atoms with Crippen LogP contribution < -0.4 is 5.32 Å². The van der Waals surface area contributed by atoms with Gasteiger partial charge in [-0.05, 0) is 31.5 Å². The van der Waals surface area contributed by atoms with Gasteiger partial charge in [0, 0.05) is 34.6 Å². The summed E-state index contributed by atoms with van der Waals surface area (Å²) in [6, 6.07) is 5.68. The van der Waals surface area contributed by atoms with Crippen LogP contribution in [0.5, 0.6) is 5.75 Å². The number of aliphatic hydroxyl groups excluding tert-OH is 1. The molecular formula is C15H17ClN2O2. The molecule has 4 nitrogen and oxygen atoms in total. The minimum atomic E-state index is -0.160. The van der Waals surface area contributed by atoms with Crippen molar-refractivity contribution < 1.29 is 10.2 Å². The highest BCUT2D eigenvalue weighted by Gasteiger charge is 2.11. The van der Waals surface area contributed by atoms with Crippen LogP contribution in [0.1, 0.15) is 22.4 Å². The van der Waals surface area contributed by atoms with Gasteiger partial charge in [0.25, 0.3) is 0 Å². The van der Waals surface area contributed by atoms with E-state index in [-0.39, 0.29) is 12.4 Å². The van der Waals surface area contributed by atoms with Crippen LogP contribution in [0.3, 0.4) is 0 Å². The molecule has 0 bridgehead atoms. The monoisotopic (exact) mass is 292 g/mol. The third-order valence-electron chi connectivity index (χ3n) is 3.24. The van der Waals surface area contributed by atoms with E-state index in [1.54, 1.807) is 13.1 Å². The summed E-state index contributed by atoms with van der Waals surface area (Å²) in [7, 11) is 0. The van der Waals surface area contributed by atoms with E-state index in [1.165, 1.54) is 0 Å². The molecule has 5 heteroatoms. The first kappa shape index (κ1) is 14.6. The number of pyridine rings is 1. The Kier molecular flexibility index (Phi) is 4.47. The molecule has 0 aliphatic rings. The molecule has 20 heavy (non-hydrogen) atoms. The standard InChI is InChI=1S/C15H17ClN2O2/c1-9-3-4-12(5-14(9)16)18-7-13-11(8-19)6-17-10(2)15(13)20/h3-6,18-20H,7-8H2,1-2H3. The van der Waals surface area contributed by atoms with Crippen LogP contribution in [-0.4, -0.2) is 15.2 Å². The van der Waals surface area contributed by atoms with Crippen LogP contribution in [0.2, 0.25) is 5.02 Å². The SMILES string of the molecule is Cc1ccc(NCc2c(CO)cnc(C)c2O)cc1Cl. The van der Waals surface area contributed by atoms with Crippen molar-refractivity contribution in [3.8, 4) is 5.75 Å². The fourth-order valence-electron chi connectivity index (χ4n) is 1.91. The van der Waals surface area contributed by atoms with Crippen LogP contribution in [0, 0.1) is 13.8 Å². The first-order valence-corrected chi connectivity index (χ1v) is 6.68. The number of nitrogens with one attached hydrogen (secondary N) is 1. The maximum absolute atomic E-state index is 10.0. The summed E-state index contributed by atoms with van der Waals surface area (Å²) in [6.07, 6.45) is 1.58. The van der Waals surface area contributed by atoms with Gasteiger partial charge < -0.3 is 15.5 Å². The molecule has 0 atom stereocenters. The average molecular weight is 293 g/mol. The number of aromatic hydroxyl groups is 1. The van der Waals surface area contributed by atoms with Gasteiger partial charge in [0.2, 0.25) is 0 Å². The first-order chi connectivity index (χ1) is 9.52. The van der Waals surface area contributed by atoms with Crippen molar-refractivity contribution in [2.24, 2.45) is 0 Å². The Balaban J connectivity index is 2.22. The minimum Gasteiger partial charge on any atom is -0.506 e. The van der Waals surface area contributed by atoms with Gasteiger partial charge in [-0.15, -0.1) is 0 Å². The van der Waals surface area contributed by atoms with E-state index in [1.807, 2.05) is 25.1 Å². The molecule has 0 saturated heterocycles. The third-order valence-corrected chi connectivity index (χ3v) is 3.65. The Labute approximate surface area is 123 Å². The fraction of sp³-hybridized carbons (Fsp3) is 0.267. The summed E-state index contributed by atoms with van der Waals surface area (Å²) in [4.78, 5) is 4.03. The maximum Gasteiger partial charge on any atom is 0.142 e. The Bertz CT molecular complexity index is 630. The molecule has 0 aliphatic carbocycles. The molecule has 106 valence electrons. The topological polar surface area (TPSA) is 65.4 Å². The van der Waals surface area contributed by atoms with Crippen LogP contribution in [-0.2, 0) is 13.2 Å². The van der Waals surface area contributed by atoms with Gasteiger partial charge in [-0.25, -0.2) is 0 Å². The van der Waals surface area contributed by atoms with Crippen LogP contribution in [0.15, 0.2) is 24.4 Å². The number of rotatable bonds is 4. The molecule has 0 radical (unpaired) electrons. The van der Waals surface area contributed by atoms with Crippen molar-refractivity contribution in [2.75, 3.05) is 5.32 Å². The highest BCUT2D eigenvalue weighted by atomic mass is 35.5. The van der Waals surface area contributed by atoms with E-state index >= 15 is 0 Å². The predicted octanol–water partition coefficient (Wildman–Crippen LogP) is 3.16. The number of aryl methyl sites for hydroxylation is 2. The second kappa shape index (κ2) is 6.11. The van der Waals surface area contributed by atoms with Crippen LogP contribution >= 0.6 is 11.6 Å². The number of hydrogen-bond acceptors (Lipinski definition) is 4. The number of aliphatic hydroxyl groups is 1. The molecule has 1 aromatic carbocycles. The number of aromatic nitrogens is 1. The van der Waals surface area contributed by atoms with Gasteiger partial charge in [-0.1, -0.05) is 17.7 Å². The summed E-state index contributed by atoms with van der Waals surface area (Å²) in [5.41, 5.74) is 3.67. The van der Waals surface area contributed by atoms with Gasteiger partial charge in [0.1, 0.15) is 5.75 Å². The number of nitrogens with zero attached hydrogens (tertiary/aromatic N) is 1. The number of benzene rings is 1. The Morgan fingerprint density at radius 3 is 2.70 bits per heavy atom. The molecule has 2 rings (SSSR count). The van der Waals surface area contributed by atoms with Crippen molar-refractivity contribution in [3.05, 3.63) is 51.8 Å². The van der Waals surface area contributed by atoms with E-state index in [9.17, 15) is 10.2 Å². The molecule has 0 unspecified atom stereocenters. The average Bonchev–Trinajstić information content (AvgIpc) is 2.44. The molecule has 2 aromatic rings. The minimum absolute atomic E-state index is 0.113. The predicted molar refractivity (Wildman–Crippen MR) is 80.1 cm³/mol. The molecule has 1 heterocycles. The molecule has 0 fully saturated rings. The summed E-state index contributed by atoms with van der Waals surface area (Å²) >= 11 is 6.07. The maximum atomic E-state index is 10.0. The lowest BCUT2D eigenvalue weighted by molar-refractivity contribution is 0.279. The lowest BCUT2D eigenvalue weighted by Crippen LogP contribution is -2.05. The highest BCUT2D eigenvalue weighted by molar-refractivity contribution is 6.31. The lowest BCUT2D eigenvalue weighted by atomic mass is 10.1. The van der Waals surface area contributed by atoms with E-state index in [4.69, 9.17) is 11.6 Å². The molecule has 0 amide bonds. The smallest absolute Gasteiger partial charge is 0.142 e. The highest BCUT2D eigenvalue weighted by Crippen LogP contribution is 2.26. The third kappa shape index (κ3) is 3.03. The zero-order chi connectivity index (χ0) is 14.7. The van der Waals surface area contributed by atoms with Gasteiger partial charge in [0.15, 0.2) is 0 Å². The fourth-order valence-corrected chi connectivity index (χ4v) is 2.09. The summed E-state index contributed by atoms with van der Waals surface area (Å²) in [5, 5.41) is 23.2. The molecular weight excluding hydrogens is 276 g/mol. The van der Waals surface area contributed by atoms with Crippen molar-refractivity contribution in [3.63, 3.8) is 0 Å². The molecule has 0 aliphatic heterocycles. The largest absolute Gasteiger partial charge is 0.506 e. The van der Waals surface area contributed by atoms with E-state index in [2.05, 4.69) is 10.3 Å². The van der Waals surface area contributed by atoms with Gasteiger partial charge >= 0.3 is 0 Å². The second-order valence-corrected chi connectivity index (χ2v) is 5.08. The normalized spacial score (nSPS) is 10.6. The van der Waals surface area contributed by atoms with Gasteiger partial charge in [-0.2, -0.15) is 0 Å². The van der Waals surface area contributed by atoms with E-state index < -0.39 is 0 Å². The quantitative estimate of drug-likeness (QED) is 0.810. The van der Waals surface area contributed by atoms with Gasteiger partial charge in [-0.3, -0.25) is 4.98 Å². The molecule has 1 aromatic heterocycles. The van der Waals surface area contributed by atoms with Crippen molar-refractivity contribution in [1.29, 1.82) is 0 Å². The van der Waals surface area contributed by atoms with Crippen molar-refractivity contribution >= 4 is 17.3 Å². The van der Waals surface area contributed by atoms with Crippen molar-refractivity contribution in [1.82, 2.24) is 4.98 Å². The summed E-state index contributed by atoms with van der Waals surface area (Å²) < 4.78 is 0.